The highest BCUT2D eigenvalue weighted by molar-refractivity contribution is 6.42. The van der Waals surface area contributed by atoms with E-state index in [1.54, 1.807) is 18.2 Å². The van der Waals surface area contributed by atoms with Crippen molar-refractivity contribution in [1.29, 1.82) is 0 Å². The van der Waals surface area contributed by atoms with Crippen LogP contribution >= 0.6 is 23.2 Å². The third kappa shape index (κ3) is 5.66. The molecule has 0 fully saturated rings. The minimum absolute atomic E-state index is 0.292. The van der Waals surface area contributed by atoms with Crippen LogP contribution in [0.2, 0.25) is 10.0 Å². The number of carbonyl (C=O) groups is 1. The number of ether oxygens (including phenoxy) is 1. The van der Waals surface area contributed by atoms with Gasteiger partial charge in [0, 0.05) is 12.2 Å². The predicted octanol–water partition coefficient (Wildman–Crippen LogP) is 4.89. The van der Waals surface area contributed by atoms with E-state index < -0.39 is 0 Å². The first kappa shape index (κ1) is 17.4. The second-order valence-electron chi connectivity index (χ2n) is 4.98. The summed E-state index contributed by atoms with van der Waals surface area (Å²) in [6, 6.07) is 12.5. The Morgan fingerprint density at radius 2 is 1.91 bits per heavy atom. The van der Waals surface area contributed by atoms with Crippen molar-refractivity contribution in [2.24, 2.45) is 0 Å². The zero-order valence-electron chi connectivity index (χ0n) is 12.7. The monoisotopic (exact) mass is 352 g/mol. The summed E-state index contributed by atoms with van der Waals surface area (Å²) in [6.07, 6.45) is 0.711. The average molecular weight is 353 g/mol. The Bertz CT molecular complexity index is 677. The fourth-order valence-corrected chi connectivity index (χ4v) is 2.22. The first-order chi connectivity index (χ1) is 11.1. The molecule has 2 aromatic rings. The number of hydrogen-bond acceptors (Lipinski definition) is 2. The zero-order valence-corrected chi connectivity index (χ0v) is 14.2. The van der Waals surface area contributed by atoms with Gasteiger partial charge in [0.1, 0.15) is 5.75 Å². The topological polar surface area (TPSA) is 50.4 Å². The fraction of sp³-hybridized carbons (Fsp3) is 0.235. The summed E-state index contributed by atoms with van der Waals surface area (Å²) in [6.45, 7) is 3.05. The third-order valence-corrected chi connectivity index (χ3v) is 3.87. The van der Waals surface area contributed by atoms with Crippen molar-refractivity contribution >= 4 is 34.9 Å². The van der Waals surface area contributed by atoms with Gasteiger partial charge in [0.05, 0.1) is 16.7 Å². The number of rotatable bonds is 6. The number of amides is 2. The van der Waals surface area contributed by atoms with Crippen LogP contribution in [0.25, 0.3) is 0 Å². The lowest BCUT2D eigenvalue weighted by Crippen LogP contribution is -2.30. The minimum atomic E-state index is -0.292. The van der Waals surface area contributed by atoms with Crippen LogP contribution in [0.5, 0.6) is 5.75 Å². The summed E-state index contributed by atoms with van der Waals surface area (Å²) < 4.78 is 5.66. The third-order valence-electron chi connectivity index (χ3n) is 3.14. The van der Waals surface area contributed by atoms with Gasteiger partial charge >= 0.3 is 6.03 Å². The van der Waals surface area contributed by atoms with Gasteiger partial charge in [0.25, 0.3) is 0 Å². The highest BCUT2D eigenvalue weighted by Crippen LogP contribution is 2.24. The SMILES string of the molecule is Cc1ccccc1OCCCNC(=O)Nc1ccc(Cl)c(Cl)c1. The van der Waals surface area contributed by atoms with Gasteiger partial charge in [-0.25, -0.2) is 4.79 Å². The van der Waals surface area contributed by atoms with E-state index in [2.05, 4.69) is 10.6 Å². The highest BCUT2D eigenvalue weighted by atomic mass is 35.5. The van der Waals surface area contributed by atoms with Gasteiger partial charge in [-0.15, -0.1) is 0 Å². The number of urea groups is 1. The predicted molar refractivity (Wildman–Crippen MR) is 94.8 cm³/mol. The zero-order chi connectivity index (χ0) is 16.7. The van der Waals surface area contributed by atoms with E-state index in [4.69, 9.17) is 27.9 Å². The number of benzene rings is 2. The summed E-state index contributed by atoms with van der Waals surface area (Å²) in [4.78, 5) is 11.8. The van der Waals surface area contributed by atoms with E-state index >= 15 is 0 Å². The van der Waals surface area contributed by atoms with Crippen molar-refractivity contribution in [1.82, 2.24) is 5.32 Å². The van der Waals surface area contributed by atoms with Gasteiger partial charge in [-0.3, -0.25) is 0 Å². The molecule has 6 heteroatoms. The molecule has 0 aliphatic rings. The van der Waals surface area contributed by atoms with E-state index in [-0.39, 0.29) is 6.03 Å². The molecule has 0 aliphatic carbocycles. The van der Waals surface area contributed by atoms with Crippen LogP contribution in [-0.4, -0.2) is 19.2 Å². The maximum Gasteiger partial charge on any atom is 0.319 e. The van der Waals surface area contributed by atoms with Gasteiger partial charge in [-0.05, 0) is 43.2 Å². The lowest BCUT2D eigenvalue weighted by molar-refractivity contribution is 0.250. The molecule has 0 saturated carbocycles. The molecule has 0 saturated heterocycles. The molecule has 0 unspecified atom stereocenters. The van der Waals surface area contributed by atoms with Gasteiger partial charge < -0.3 is 15.4 Å². The number of para-hydroxylation sites is 1. The van der Waals surface area contributed by atoms with Crippen LogP contribution in [0.4, 0.5) is 10.5 Å². The van der Waals surface area contributed by atoms with Crippen LogP contribution in [0.3, 0.4) is 0 Å². The average Bonchev–Trinajstić information content (AvgIpc) is 2.52. The molecule has 122 valence electrons. The van der Waals surface area contributed by atoms with Crippen molar-refractivity contribution in [3.05, 3.63) is 58.1 Å². The summed E-state index contributed by atoms with van der Waals surface area (Å²) in [5.41, 5.74) is 1.69. The molecule has 2 aromatic carbocycles. The van der Waals surface area contributed by atoms with Crippen molar-refractivity contribution in [2.75, 3.05) is 18.5 Å². The molecule has 0 aliphatic heterocycles. The molecule has 2 rings (SSSR count). The van der Waals surface area contributed by atoms with E-state index in [0.717, 1.165) is 11.3 Å². The Morgan fingerprint density at radius 3 is 2.65 bits per heavy atom. The van der Waals surface area contributed by atoms with Gasteiger partial charge in [0.2, 0.25) is 0 Å². The molecule has 2 amide bonds. The van der Waals surface area contributed by atoms with Crippen LogP contribution < -0.4 is 15.4 Å². The second-order valence-corrected chi connectivity index (χ2v) is 5.79. The molecule has 2 N–H and O–H groups in total. The lowest BCUT2D eigenvalue weighted by Gasteiger charge is -2.10. The Kier molecular flexibility index (Phi) is 6.56. The maximum absolute atomic E-state index is 11.8. The lowest BCUT2D eigenvalue weighted by atomic mass is 10.2. The number of halogens is 2. The number of nitrogens with one attached hydrogen (secondary N) is 2. The molecule has 0 heterocycles. The Labute approximate surface area is 145 Å². The summed E-state index contributed by atoms with van der Waals surface area (Å²) in [5.74, 6) is 0.868. The van der Waals surface area contributed by atoms with Gasteiger partial charge in [-0.2, -0.15) is 0 Å². The Morgan fingerprint density at radius 1 is 1.13 bits per heavy atom. The molecule has 0 aromatic heterocycles. The van der Waals surface area contributed by atoms with E-state index in [9.17, 15) is 4.79 Å². The molecule has 0 spiro atoms. The molecule has 0 bridgehead atoms. The van der Waals surface area contributed by atoms with Gasteiger partial charge in [0.15, 0.2) is 0 Å². The van der Waals surface area contributed by atoms with Crippen molar-refractivity contribution in [3.8, 4) is 5.75 Å². The summed E-state index contributed by atoms with van der Waals surface area (Å²) >= 11 is 11.7. The minimum Gasteiger partial charge on any atom is -0.493 e. The van der Waals surface area contributed by atoms with Crippen LogP contribution in [0.15, 0.2) is 42.5 Å². The largest absolute Gasteiger partial charge is 0.493 e. The van der Waals surface area contributed by atoms with Crippen molar-refractivity contribution < 1.29 is 9.53 Å². The number of carbonyl (C=O) groups excluding carboxylic acids is 1. The smallest absolute Gasteiger partial charge is 0.319 e. The summed E-state index contributed by atoms with van der Waals surface area (Å²) in [5, 5.41) is 6.30. The first-order valence-electron chi connectivity index (χ1n) is 7.24. The maximum atomic E-state index is 11.8. The standard InChI is InChI=1S/C17H18Cl2N2O2/c1-12-5-2-3-6-16(12)23-10-4-9-20-17(22)21-13-7-8-14(18)15(19)11-13/h2-3,5-8,11H,4,9-10H2,1H3,(H2,20,21,22). The second kappa shape index (κ2) is 8.65. The van der Waals surface area contributed by atoms with Gasteiger partial charge in [-0.1, -0.05) is 41.4 Å². The molecular weight excluding hydrogens is 335 g/mol. The molecule has 23 heavy (non-hydrogen) atoms. The highest BCUT2D eigenvalue weighted by Gasteiger charge is 2.04. The van der Waals surface area contributed by atoms with Crippen LogP contribution in [0, 0.1) is 6.92 Å². The van der Waals surface area contributed by atoms with Crippen molar-refractivity contribution in [2.45, 2.75) is 13.3 Å². The Balaban J connectivity index is 1.67. The quantitative estimate of drug-likeness (QED) is 0.727. The molecule has 0 radical (unpaired) electrons. The fourth-order valence-electron chi connectivity index (χ4n) is 1.92. The first-order valence-corrected chi connectivity index (χ1v) is 8.00. The number of hydrogen-bond donors (Lipinski definition) is 2. The van der Waals surface area contributed by atoms with Crippen molar-refractivity contribution in [3.63, 3.8) is 0 Å². The molecule has 4 nitrogen and oxygen atoms in total. The van der Waals surface area contributed by atoms with Crippen LogP contribution in [0.1, 0.15) is 12.0 Å². The van der Waals surface area contributed by atoms with E-state index in [0.29, 0.717) is 35.3 Å². The Hall–Kier alpha value is -1.91. The van der Waals surface area contributed by atoms with E-state index in [1.807, 2.05) is 31.2 Å². The molecule has 0 atom stereocenters. The number of anilines is 1. The normalized spacial score (nSPS) is 10.2. The van der Waals surface area contributed by atoms with E-state index in [1.165, 1.54) is 0 Å². The summed E-state index contributed by atoms with van der Waals surface area (Å²) in [7, 11) is 0. The van der Waals surface area contributed by atoms with Crippen LogP contribution in [-0.2, 0) is 0 Å². The molecular formula is C17H18Cl2N2O2. The number of aryl methyl sites for hydroxylation is 1.